The smallest absolute Gasteiger partial charge is 0.321 e. The quantitative estimate of drug-likeness (QED) is 0.787. The number of urea groups is 1. The first-order chi connectivity index (χ1) is 11.0. The second kappa shape index (κ2) is 6.76. The predicted octanol–water partition coefficient (Wildman–Crippen LogP) is 1.74. The van der Waals surface area contributed by atoms with E-state index < -0.39 is 0 Å². The van der Waals surface area contributed by atoms with Gasteiger partial charge in [-0.05, 0) is 44.5 Å². The Morgan fingerprint density at radius 3 is 2.91 bits per heavy atom. The molecule has 2 unspecified atom stereocenters. The molecule has 3 amide bonds. The van der Waals surface area contributed by atoms with Crippen LogP contribution < -0.4 is 20.9 Å². The summed E-state index contributed by atoms with van der Waals surface area (Å²) in [5.41, 5.74) is 1.10. The number of carbonyl (C=O) groups is 2. The van der Waals surface area contributed by atoms with Crippen molar-refractivity contribution in [2.24, 2.45) is 0 Å². The lowest BCUT2D eigenvalue weighted by molar-refractivity contribution is 0.0926. The van der Waals surface area contributed by atoms with E-state index in [1.165, 1.54) is 0 Å². The number of nitrogens with zero attached hydrogens (tertiary/aromatic N) is 1. The molecule has 0 saturated carbocycles. The summed E-state index contributed by atoms with van der Waals surface area (Å²) < 4.78 is 0. The standard InChI is InChI=1S/C16H21ClN4O2/c1-10-8-11(4-5-18-10)20-15(22)13-9-12(2-3-14(13)17)21-7-6-19-16(21)23/h2-3,9-11,18H,4-8H2,1H3,(H,19,23)(H,20,22). The Labute approximate surface area is 140 Å². The van der Waals surface area contributed by atoms with Gasteiger partial charge >= 0.3 is 6.03 Å². The van der Waals surface area contributed by atoms with Crippen LogP contribution >= 0.6 is 11.6 Å². The van der Waals surface area contributed by atoms with Crippen molar-refractivity contribution in [3.63, 3.8) is 0 Å². The van der Waals surface area contributed by atoms with Crippen LogP contribution in [0.3, 0.4) is 0 Å². The summed E-state index contributed by atoms with van der Waals surface area (Å²) in [5, 5.41) is 9.56. The van der Waals surface area contributed by atoms with E-state index in [-0.39, 0.29) is 18.0 Å². The van der Waals surface area contributed by atoms with Gasteiger partial charge in [-0.15, -0.1) is 0 Å². The van der Waals surface area contributed by atoms with E-state index in [1.54, 1.807) is 23.1 Å². The second-order valence-electron chi connectivity index (χ2n) is 6.10. The summed E-state index contributed by atoms with van der Waals surface area (Å²) in [6.07, 6.45) is 1.81. The van der Waals surface area contributed by atoms with Gasteiger partial charge in [0, 0.05) is 30.9 Å². The molecule has 1 aromatic rings. The Morgan fingerprint density at radius 2 is 2.22 bits per heavy atom. The third kappa shape index (κ3) is 3.59. The average Bonchev–Trinajstić information content (AvgIpc) is 2.94. The van der Waals surface area contributed by atoms with Crippen molar-refractivity contribution < 1.29 is 9.59 Å². The van der Waals surface area contributed by atoms with Crippen molar-refractivity contribution in [1.29, 1.82) is 0 Å². The molecule has 2 atom stereocenters. The van der Waals surface area contributed by atoms with Crippen molar-refractivity contribution in [2.45, 2.75) is 31.8 Å². The topological polar surface area (TPSA) is 73.5 Å². The molecule has 3 N–H and O–H groups in total. The summed E-state index contributed by atoms with van der Waals surface area (Å²) in [4.78, 5) is 25.9. The number of amides is 3. The number of nitrogens with one attached hydrogen (secondary N) is 3. The molecule has 2 aliphatic rings. The van der Waals surface area contributed by atoms with E-state index in [2.05, 4.69) is 22.9 Å². The lowest BCUT2D eigenvalue weighted by atomic mass is 10.00. The number of carbonyl (C=O) groups excluding carboxylic acids is 2. The van der Waals surface area contributed by atoms with E-state index >= 15 is 0 Å². The van der Waals surface area contributed by atoms with Crippen molar-refractivity contribution >= 4 is 29.2 Å². The van der Waals surface area contributed by atoms with Gasteiger partial charge in [-0.2, -0.15) is 0 Å². The fourth-order valence-corrected chi connectivity index (χ4v) is 3.30. The largest absolute Gasteiger partial charge is 0.349 e. The molecule has 2 heterocycles. The maximum atomic E-state index is 12.6. The van der Waals surface area contributed by atoms with E-state index in [1.807, 2.05) is 0 Å². The molecule has 2 fully saturated rings. The second-order valence-corrected chi connectivity index (χ2v) is 6.50. The molecule has 23 heavy (non-hydrogen) atoms. The Kier molecular flexibility index (Phi) is 4.73. The molecule has 124 valence electrons. The summed E-state index contributed by atoms with van der Waals surface area (Å²) in [6, 6.07) is 5.51. The summed E-state index contributed by atoms with van der Waals surface area (Å²) in [5.74, 6) is -0.185. The van der Waals surface area contributed by atoms with Crippen LogP contribution in [0, 0.1) is 0 Å². The number of halogens is 1. The minimum absolute atomic E-state index is 0.147. The molecule has 3 rings (SSSR count). The highest BCUT2D eigenvalue weighted by Gasteiger charge is 2.24. The zero-order valence-electron chi connectivity index (χ0n) is 13.1. The maximum absolute atomic E-state index is 12.6. The van der Waals surface area contributed by atoms with Crippen molar-refractivity contribution in [3.8, 4) is 0 Å². The van der Waals surface area contributed by atoms with Crippen LogP contribution in [0.25, 0.3) is 0 Å². The van der Waals surface area contributed by atoms with Gasteiger partial charge in [0.1, 0.15) is 0 Å². The van der Waals surface area contributed by atoms with Crippen LogP contribution in [-0.2, 0) is 0 Å². The first kappa shape index (κ1) is 16.1. The molecule has 0 spiro atoms. The third-order valence-electron chi connectivity index (χ3n) is 4.32. The lowest BCUT2D eigenvalue weighted by Crippen LogP contribution is -2.46. The molecule has 0 radical (unpaired) electrons. The fourth-order valence-electron chi connectivity index (χ4n) is 3.10. The zero-order valence-corrected chi connectivity index (χ0v) is 13.8. The van der Waals surface area contributed by atoms with Crippen LogP contribution in [0.1, 0.15) is 30.1 Å². The maximum Gasteiger partial charge on any atom is 0.321 e. The van der Waals surface area contributed by atoms with Crippen LogP contribution in [0.5, 0.6) is 0 Å². The van der Waals surface area contributed by atoms with Crippen LogP contribution in [0.15, 0.2) is 18.2 Å². The number of benzene rings is 1. The first-order valence-corrected chi connectivity index (χ1v) is 8.31. The molecule has 7 heteroatoms. The molecule has 2 saturated heterocycles. The van der Waals surface area contributed by atoms with E-state index in [9.17, 15) is 9.59 Å². The van der Waals surface area contributed by atoms with Crippen LogP contribution in [-0.4, -0.2) is 43.7 Å². The van der Waals surface area contributed by atoms with Gasteiger partial charge in [-0.25, -0.2) is 4.79 Å². The van der Waals surface area contributed by atoms with E-state index in [4.69, 9.17) is 11.6 Å². The number of piperidine rings is 1. The van der Waals surface area contributed by atoms with E-state index in [0.717, 1.165) is 19.4 Å². The van der Waals surface area contributed by atoms with Crippen molar-refractivity contribution in [3.05, 3.63) is 28.8 Å². The molecule has 0 aliphatic carbocycles. The summed E-state index contributed by atoms with van der Waals surface area (Å²) in [7, 11) is 0. The van der Waals surface area contributed by atoms with Gasteiger partial charge in [0.05, 0.1) is 10.6 Å². The van der Waals surface area contributed by atoms with Crippen LogP contribution in [0.2, 0.25) is 5.02 Å². The summed E-state index contributed by atoms with van der Waals surface area (Å²) in [6.45, 7) is 4.20. The van der Waals surface area contributed by atoms with E-state index in [0.29, 0.717) is 35.4 Å². The van der Waals surface area contributed by atoms with Gasteiger partial charge in [0.2, 0.25) is 0 Å². The number of hydrogen-bond acceptors (Lipinski definition) is 3. The third-order valence-corrected chi connectivity index (χ3v) is 4.65. The predicted molar refractivity (Wildman–Crippen MR) is 90.1 cm³/mol. The summed E-state index contributed by atoms with van der Waals surface area (Å²) >= 11 is 6.19. The molecule has 0 aromatic heterocycles. The normalized spacial score (nSPS) is 24.4. The number of anilines is 1. The average molecular weight is 337 g/mol. The molecule has 2 aliphatic heterocycles. The van der Waals surface area contributed by atoms with Crippen LogP contribution in [0.4, 0.5) is 10.5 Å². The highest BCUT2D eigenvalue weighted by molar-refractivity contribution is 6.34. The van der Waals surface area contributed by atoms with Gasteiger partial charge in [-0.1, -0.05) is 11.6 Å². The Morgan fingerprint density at radius 1 is 1.39 bits per heavy atom. The Balaban J connectivity index is 1.75. The number of rotatable bonds is 3. The van der Waals surface area contributed by atoms with Gasteiger partial charge in [0.25, 0.3) is 5.91 Å². The molecule has 0 bridgehead atoms. The van der Waals surface area contributed by atoms with Gasteiger partial charge < -0.3 is 16.0 Å². The highest BCUT2D eigenvalue weighted by Crippen LogP contribution is 2.25. The molecular formula is C16H21ClN4O2. The minimum Gasteiger partial charge on any atom is -0.349 e. The molecule has 1 aromatic carbocycles. The Hall–Kier alpha value is -1.79. The monoisotopic (exact) mass is 336 g/mol. The lowest BCUT2D eigenvalue weighted by Gasteiger charge is -2.28. The van der Waals surface area contributed by atoms with Crippen molar-refractivity contribution in [1.82, 2.24) is 16.0 Å². The SMILES string of the molecule is CC1CC(NC(=O)c2cc(N3CCNC3=O)ccc2Cl)CCN1. The number of hydrogen-bond donors (Lipinski definition) is 3. The van der Waals surface area contributed by atoms with Gasteiger partial charge in [0.15, 0.2) is 0 Å². The highest BCUT2D eigenvalue weighted by atomic mass is 35.5. The van der Waals surface area contributed by atoms with Crippen molar-refractivity contribution in [2.75, 3.05) is 24.5 Å². The zero-order chi connectivity index (χ0) is 16.4. The molecular weight excluding hydrogens is 316 g/mol. The Bertz CT molecular complexity index is 622. The fraction of sp³-hybridized carbons (Fsp3) is 0.500. The minimum atomic E-state index is -0.185. The molecule has 6 nitrogen and oxygen atoms in total. The van der Waals surface area contributed by atoms with Gasteiger partial charge in [-0.3, -0.25) is 9.69 Å². The first-order valence-electron chi connectivity index (χ1n) is 7.94.